The molecule has 21 heavy (non-hydrogen) atoms. The molecule has 0 saturated carbocycles. The van der Waals surface area contributed by atoms with Crippen molar-refractivity contribution in [3.63, 3.8) is 0 Å². The number of hydrogen-bond acceptors (Lipinski definition) is 4. The van der Waals surface area contributed by atoms with Gasteiger partial charge in [-0.05, 0) is 44.2 Å². The monoisotopic (exact) mass is 287 g/mol. The van der Waals surface area contributed by atoms with E-state index in [1.165, 1.54) is 6.42 Å². The zero-order chi connectivity index (χ0) is 14.1. The quantitative estimate of drug-likeness (QED) is 0.871. The molecule has 2 aliphatic heterocycles. The fourth-order valence-electron chi connectivity index (χ4n) is 3.36. The molecule has 4 heterocycles. The second kappa shape index (κ2) is 5.73. The molecular formula is C16H21N3O2. The number of aromatic nitrogens is 3. The van der Waals surface area contributed by atoms with Gasteiger partial charge in [-0.1, -0.05) is 0 Å². The number of fused-ring (bicyclic) bond motifs is 1. The average Bonchev–Trinajstić information content (AvgIpc) is 3.15. The van der Waals surface area contributed by atoms with Crippen molar-refractivity contribution >= 4 is 11.2 Å². The third kappa shape index (κ3) is 2.56. The molecule has 2 aromatic heterocycles. The molecule has 4 rings (SSSR count). The predicted octanol–water partition coefficient (Wildman–Crippen LogP) is 2.85. The molecule has 0 radical (unpaired) electrons. The van der Waals surface area contributed by atoms with Crippen molar-refractivity contribution in [2.24, 2.45) is 0 Å². The summed E-state index contributed by atoms with van der Waals surface area (Å²) >= 11 is 0. The lowest BCUT2D eigenvalue weighted by Gasteiger charge is -2.26. The molecule has 2 aromatic rings. The van der Waals surface area contributed by atoms with E-state index in [2.05, 4.69) is 9.55 Å². The Morgan fingerprint density at radius 2 is 2.10 bits per heavy atom. The SMILES string of the molecule is c1cnc2c(c1)nc(CC1CCCO1)n2C1CCCCO1. The van der Waals surface area contributed by atoms with Crippen molar-refractivity contribution in [1.82, 2.24) is 14.5 Å². The molecular weight excluding hydrogens is 266 g/mol. The van der Waals surface area contributed by atoms with E-state index in [0.29, 0.717) is 6.10 Å². The highest BCUT2D eigenvalue weighted by Gasteiger charge is 2.25. The van der Waals surface area contributed by atoms with Crippen molar-refractivity contribution in [3.8, 4) is 0 Å². The largest absolute Gasteiger partial charge is 0.378 e. The summed E-state index contributed by atoms with van der Waals surface area (Å²) in [6.45, 7) is 1.71. The molecule has 0 aliphatic carbocycles. The lowest BCUT2D eigenvalue weighted by molar-refractivity contribution is -0.0322. The molecule has 0 aromatic carbocycles. The van der Waals surface area contributed by atoms with Crippen molar-refractivity contribution in [2.45, 2.75) is 50.9 Å². The highest BCUT2D eigenvalue weighted by molar-refractivity contribution is 5.71. The molecule has 5 heteroatoms. The van der Waals surface area contributed by atoms with Gasteiger partial charge in [-0.2, -0.15) is 0 Å². The number of hydrogen-bond donors (Lipinski definition) is 0. The van der Waals surface area contributed by atoms with Crippen LogP contribution in [0.25, 0.3) is 11.2 Å². The van der Waals surface area contributed by atoms with E-state index in [4.69, 9.17) is 14.5 Å². The standard InChI is InChI=1S/C16H21N3O2/c1-2-9-21-15(7-1)19-14(11-12-5-4-10-20-12)18-13-6-3-8-17-16(13)19/h3,6,8,12,15H,1-2,4-5,7,9-11H2. The van der Waals surface area contributed by atoms with Gasteiger partial charge < -0.3 is 9.47 Å². The zero-order valence-corrected chi connectivity index (χ0v) is 12.2. The Hall–Kier alpha value is -1.46. The second-order valence-electron chi connectivity index (χ2n) is 5.90. The second-order valence-corrected chi connectivity index (χ2v) is 5.90. The minimum absolute atomic E-state index is 0.0788. The summed E-state index contributed by atoms with van der Waals surface area (Å²) < 4.78 is 14.0. The van der Waals surface area contributed by atoms with Crippen LogP contribution in [0.4, 0.5) is 0 Å². The minimum atomic E-state index is 0.0788. The first-order valence-electron chi connectivity index (χ1n) is 7.97. The molecule has 0 spiro atoms. The van der Waals surface area contributed by atoms with Gasteiger partial charge in [0.15, 0.2) is 5.65 Å². The van der Waals surface area contributed by atoms with Crippen LogP contribution in [-0.2, 0) is 15.9 Å². The number of pyridine rings is 1. The summed E-state index contributed by atoms with van der Waals surface area (Å²) in [6.07, 6.45) is 8.74. The summed E-state index contributed by atoms with van der Waals surface area (Å²) in [7, 11) is 0. The number of imidazole rings is 1. The van der Waals surface area contributed by atoms with Crippen LogP contribution in [0.5, 0.6) is 0 Å². The first-order chi connectivity index (χ1) is 10.4. The number of ether oxygens (including phenoxy) is 2. The van der Waals surface area contributed by atoms with Crippen LogP contribution in [0, 0.1) is 0 Å². The van der Waals surface area contributed by atoms with Gasteiger partial charge >= 0.3 is 0 Å². The van der Waals surface area contributed by atoms with Crippen LogP contribution in [0.15, 0.2) is 18.3 Å². The maximum absolute atomic E-state index is 5.98. The van der Waals surface area contributed by atoms with Crippen LogP contribution >= 0.6 is 0 Å². The van der Waals surface area contributed by atoms with Gasteiger partial charge in [-0.25, -0.2) is 9.97 Å². The molecule has 2 aliphatic rings. The molecule has 0 N–H and O–H groups in total. The molecule has 2 saturated heterocycles. The summed E-state index contributed by atoms with van der Waals surface area (Å²) in [5.41, 5.74) is 1.90. The third-order valence-electron chi connectivity index (χ3n) is 4.40. The van der Waals surface area contributed by atoms with Crippen LogP contribution in [0.3, 0.4) is 0 Å². The Morgan fingerprint density at radius 1 is 1.14 bits per heavy atom. The summed E-state index contributed by atoms with van der Waals surface area (Å²) in [6, 6.07) is 3.97. The number of rotatable bonds is 3. The van der Waals surface area contributed by atoms with Crippen molar-refractivity contribution in [1.29, 1.82) is 0 Å². The van der Waals surface area contributed by atoms with E-state index in [-0.39, 0.29) is 6.23 Å². The van der Waals surface area contributed by atoms with Crippen LogP contribution in [-0.4, -0.2) is 33.9 Å². The Bertz CT molecular complexity index is 613. The van der Waals surface area contributed by atoms with E-state index in [1.807, 2.05) is 18.3 Å². The summed E-state index contributed by atoms with van der Waals surface area (Å²) in [5.74, 6) is 1.06. The molecule has 0 bridgehead atoms. The Morgan fingerprint density at radius 3 is 2.90 bits per heavy atom. The smallest absolute Gasteiger partial charge is 0.162 e. The van der Waals surface area contributed by atoms with Gasteiger partial charge in [0.05, 0.1) is 6.10 Å². The Balaban J connectivity index is 1.72. The predicted molar refractivity (Wildman–Crippen MR) is 79.0 cm³/mol. The fourth-order valence-corrected chi connectivity index (χ4v) is 3.36. The highest BCUT2D eigenvalue weighted by atomic mass is 16.5. The first kappa shape index (κ1) is 13.2. The first-order valence-corrected chi connectivity index (χ1v) is 7.97. The third-order valence-corrected chi connectivity index (χ3v) is 4.40. The molecule has 112 valence electrons. The lowest BCUT2D eigenvalue weighted by Crippen LogP contribution is -2.22. The summed E-state index contributed by atoms with van der Waals surface area (Å²) in [4.78, 5) is 9.32. The van der Waals surface area contributed by atoms with E-state index >= 15 is 0 Å². The van der Waals surface area contributed by atoms with Crippen molar-refractivity contribution < 1.29 is 9.47 Å². The van der Waals surface area contributed by atoms with Crippen LogP contribution in [0.1, 0.15) is 44.2 Å². The Kier molecular flexibility index (Phi) is 3.61. The van der Waals surface area contributed by atoms with Gasteiger partial charge in [0.1, 0.15) is 17.6 Å². The number of nitrogens with zero attached hydrogens (tertiary/aromatic N) is 3. The Labute approximate surface area is 124 Å². The zero-order valence-electron chi connectivity index (χ0n) is 12.2. The maximum Gasteiger partial charge on any atom is 0.162 e. The topological polar surface area (TPSA) is 49.2 Å². The molecule has 2 fully saturated rings. The lowest BCUT2D eigenvalue weighted by atomic mass is 10.1. The van der Waals surface area contributed by atoms with E-state index < -0.39 is 0 Å². The van der Waals surface area contributed by atoms with Crippen LogP contribution < -0.4 is 0 Å². The van der Waals surface area contributed by atoms with Crippen molar-refractivity contribution in [2.75, 3.05) is 13.2 Å². The van der Waals surface area contributed by atoms with E-state index in [9.17, 15) is 0 Å². The van der Waals surface area contributed by atoms with Gasteiger partial charge in [-0.15, -0.1) is 0 Å². The minimum Gasteiger partial charge on any atom is -0.378 e. The van der Waals surface area contributed by atoms with Crippen molar-refractivity contribution in [3.05, 3.63) is 24.2 Å². The van der Waals surface area contributed by atoms with Gasteiger partial charge in [0.25, 0.3) is 0 Å². The fraction of sp³-hybridized carbons (Fsp3) is 0.625. The van der Waals surface area contributed by atoms with Gasteiger partial charge in [0, 0.05) is 25.8 Å². The van der Waals surface area contributed by atoms with Crippen LogP contribution in [0.2, 0.25) is 0 Å². The molecule has 0 amide bonds. The molecule has 2 atom stereocenters. The average molecular weight is 287 g/mol. The van der Waals surface area contributed by atoms with E-state index in [1.54, 1.807) is 0 Å². The van der Waals surface area contributed by atoms with E-state index in [0.717, 1.165) is 62.3 Å². The normalized spacial score (nSPS) is 26.5. The van der Waals surface area contributed by atoms with Gasteiger partial charge in [-0.3, -0.25) is 4.57 Å². The summed E-state index contributed by atoms with van der Waals surface area (Å²) in [5, 5.41) is 0. The molecule has 5 nitrogen and oxygen atoms in total. The molecule has 2 unspecified atom stereocenters. The maximum atomic E-state index is 5.98. The van der Waals surface area contributed by atoms with Gasteiger partial charge in [0.2, 0.25) is 0 Å². The highest BCUT2D eigenvalue weighted by Crippen LogP contribution is 2.29.